The Morgan fingerprint density at radius 3 is 2.81 bits per heavy atom. The van der Waals surface area contributed by atoms with Crippen LogP contribution < -0.4 is 10.5 Å². The third kappa shape index (κ3) is 1.74. The van der Waals surface area contributed by atoms with E-state index in [0.29, 0.717) is 5.82 Å². The van der Waals surface area contributed by atoms with Gasteiger partial charge in [-0.2, -0.15) is 5.10 Å². The van der Waals surface area contributed by atoms with Crippen LogP contribution in [0.2, 0.25) is 0 Å². The monoisotopic (exact) mass is 217 g/mol. The van der Waals surface area contributed by atoms with Crippen LogP contribution in [0.15, 0.2) is 24.3 Å². The summed E-state index contributed by atoms with van der Waals surface area (Å²) in [6.45, 7) is 2.10. The molecule has 4 heteroatoms. The first kappa shape index (κ1) is 10.5. The number of nitrogens with one attached hydrogen (secondary N) is 1. The van der Waals surface area contributed by atoms with Gasteiger partial charge in [0, 0.05) is 17.2 Å². The summed E-state index contributed by atoms with van der Waals surface area (Å²) in [6, 6.07) is 7.79. The average molecular weight is 217 g/mol. The van der Waals surface area contributed by atoms with Crippen molar-refractivity contribution in [3.63, 3.8) is 0 Å². The summed E-state index contributed by atoms with van der Waals surface area (Å²) in [5, 5.41) is 6.85. The number of nitrogen functional groups attached to an aromatic ring is 1. The van der Waals surface area contributed by atoms with E-state index in [-0.39, 0.29) is 0 Å². The fraction of sp³-hybridized carbons (Fsp3) is 0.250. The molecule has 0 saturated heterocycles. The van der Waals surface area contributed by atoms with E-state index in [4.69, 9.17) is 10.5 Å². The summed E-state index contributed by atoms with van der Waals surface area (Å²) in [5.74, 6) is 1.40. The minimum absolute atomic E-state index is 0.500. The second-order valence-corrected chi connectivity index (χ2v) is 3.55. The number of methoxy groups -OCH3 is 1. The number of hydrogen-bond acceptors (Lipinski definition) is 3. The number of aromatic amines is 1. The molecule has 0 fully saturated rings. The number of benzene rings is 1. The molecule has 0 amide bonds. The maximum atomic E-state index is 5.60. The molecule has 3 N–H and O–H groups in total. The Morgan fingerprint density at radius 1 is 1.44 bits per heavy atom. The van der Waals surface area contributed by atoms with Gasteiger partial charge in [0.2, 0.25) is 0 Å². The first-order valence-electron chi connectivity index (χ1n) is 5.23. The predicted octanol–water partition coefficient (Wildman–Crippen LogP) is 2.23. The van der Waals surface area contributed by atoms with Gasteiger partial charge in [0.1, 0.15) is 11.6 Å². The van der Waals surface area contributed by atoms with Gasteiger partial charge >= 0.3 is 0 Å². The van der Waals surface area contributed by atoms with Crippen molar-refractivity contribution < 1.29 is 4.74 Å². The standard InChI is InChI=1S/C12H15N3O/c1-3-8-9(5-4-6-11(8)16-2)10-7-12(13)15-14-10/h4-7H,3H2,1-2H3,(H3,13,14,15). The van der Waals surface area contributed by atoms with Gasteiger partial charge in [0.05, 0.1) is 12.8 Å². The van der Waals surface area contributed by atoms with Crippen molar-refractivity contribution in [2.24, 2.45) is 0 Å². The van der Waals surface area contributed by atoms with E-state index in [1.165, 1.54) is 0 Å². The zero-order chi connectivity index (χ0) is 11.5. The van der Waals surface area contributed by atoms with Gasteiger partial charge in [-0.3, -0.25) is 5.10 Å². The Balaban J connectivity index is 2.56. The second-order valence-electron chi connectivity index (χ2n) is 3.55. The second kappa shape index (κ2) is 4.26. The van der Waals surface area contributed by atoms with Crippen molar-refractivity contribution in [2.75, 3.05) is 12.8 Å². The SMILES string of the molecule is CCc1c(OC)cccc1-c1cc(N)n[nH]1. The number of ether oxygens (including phenoxy) is 1. The molecular weight excluding hydrogens is 202 g/mol. The number of H-pyrrole nitrogens is 1. The Morgan fingerprint density at radius 2 is 2.25 bits per heavy atom. The first-order valence-corrected chi connectivity index (χ1v) is 5.23. The zero-order valence-corrected chi connectivity index (χ0v) is 9.45. The van der Waals surface area contributed by atoms with Crippen molar-refractivity contribution in [3.05, 3.63) is 29.8 Å². The molecule has 0 spiro atoms. The van der Waals surface area contributed by atoms with Gasteiger partial charge in [-0.25, -0.2) is 0 Å². The maximum absolute atomic E-state index is 5.60. The summed E-state index contributed by atoms with van der Waals surface area (Å²) in [7, 11) is 1.68. The topological polar surface area (TPSA) is 63.9 Å². The fourth-order valence-electron chi connectivity index (χ4n) is 1.85. The molecule has 84 valence electrons. The molecule has 0 saturated carbocycles. The first-order chi connectivity index (χ1) is 7.76. The fourth-order valence-corrected chi connectivity index (χ4v) is 1.85. The lowest BCUT2D eigenvalue weighted by Gasteiger charge is -2.10. The summed E-state index contributed by atoms with van der Waals surface area (Å²) in [6.07, 6.45) is 0.901. The Labute approximate surface area is 94.4 Å². The number of anilines is 1. The molecule has 0 atom stereocenters. The van der Waals surface area contributed by atoms with Gasteiger partial charge in [-0.15, -0.1) is 0 Å². The van der Waals surface area contributed by atoms with Crippen LogP contribution in [0.1, 0.15) is 12.5 Å². The van der Waals surface area contributed by atoms with E-state index in [1.807, 2.05) is 24.3 Å². The Hall–Kier alpha value is -1.97. The maximum Gasteiger partial charge on any atom is 0.145 e. The van der Waals surface area contributed by atoms with Gasteiger partial charge in [0.25, 0.3) is 0 Å². The van der Waals surface area contributed by atoms with Crippen LogP contribution in [0.5, 0.6) is 5.75 Å². The van der Waals surface area contributed by atoms with Crippen LogP contribution in [-0.4, -0.2) is 17.3 Å². The molecule has 0 aliphatic rings. The molecule has 1 aromatic heterocycles. The molecule has 0 unspecified atom stereocenters. The Bertz CT molecular complexity index is 491. The minimum Gasteiger partial charge on any atom is -0.496 e. The smallest absolute Gasteiger partial charge is 0.145 e. The third-order valence-electron chi connectivity index (χ3n) is 2.59. The summed E-state index contributed by atoms with van der Waals surface area (Å²) in [5.41, 5.74) is 8.78. The van der Waals surface area contributed by atoms with E-state index in [1.54, 1.807) is 7.11 Å². The van der Waals surface area contributed by atoms with Crippen LogP contribution in [-0.2, 0) is 6.42 Å². The highest BCUT2D eigenvalue weighted by atomic mass is 16.5. The highest BCUT2D eigenvalue weighted by molar-refractivity contribution is 5.68. The lowest BCUT2D eigenvalue weighted by atomic mass is 10.0. The van der Waals surface area contributed by atoms with Crippen molar-refractivity contribution in [1.82, 2.24) is 10.2 Å². The third-order valence-corrected chi connectivity index (χ3v) is 2.59. The molecule has 0 radical (unpaired) electrons. The van der Waals surface area contributed by atoms with E-state index < -0.39 is 0 Å². The van der Waals surface area contributed by atoms with Crippen LogP contribution in [0.4, 0.5) is 5.82 Å². The molecule has 0 bridgehead atoms. The van der Waals surface area contributed by atoms with Gasteiger partial charge in [-0.05, 0) is 12.5 Å². The number of rotatable bonds is 3. The zero-order valence-electron chi connectivity index (χ0n) is 9.45. The summed E-state index contributed by atoms with van der Waals surface area (Å²) >= 11 is 0. The highest BCUT2D eigenvalue weighted by Gasteiger charge is 2.10. The van der Waals surface area contributed by atoms with Crippen molar-refractivity contribution >= 4 is 5.82 Å². The number of nitrogens with zero attached hydrogens (tertiary/aromatic N) is 1. The summed E-state index contributed by atoms with van der Waals surface area (Å²) < 4.78 is 5.34. The lowest BCUT2D eigenvalue weighted by molar-refractivity contribution is 0.410. The Kier molecular flexibility index (Phi) is 2.81. The molecule has 0 aliphatic heterocycles. The molecular formula is C12H15N3O. The molecule has 2 aromatic rings. The highest BCUT2D eigenvalue weighted by Crippen LogP contribution is 2.30. The number of aromatic nitrogens is 2. The number of hydrogen-bond donors (Lipinski definition) is 2. The predicted molar refractivity (Wildman–Crippen MR) is 64.4 cm³/mol. The molecule has 0 aliphatic carbocycles. The van der Waals surface area contributed by atoms with E-state index in [0.717, 1.165) is 29.0 Å². The lowest BCUT2D eigenvalue weighted by Crippen LogP contribution is -1.94. The van der Waals surface area contributed by atoms with Crippen LogP contribution in [0, 0.1) is 0 Å². The van der Waals surface area contributed by atoms with E-state index >= 15 is 0 Å². The van der Waals surface area contributed by atoms with Crippen LogP contribution in [0.25, 0.3) is 11.3 Å². The van der Waals surface area contributed by atoms with E-state index in [2.05, 4.69) is 17.1 Å². The van der Waals surface area contributed by atoms with Crippen molar-refractivity contribution in [2.45, 2.75) is 13.3 Å². The quantitative estimate of drug-likeness (QED) is 0.828. The van der Waals surface area contributed by atoms with Gasteiger partial charge in [-0.1, -0.05) is 19.1 Å². The number of nitrogens with two attached hydrogens (primary N) is 1. The average Bonchev–Trinajstić information content (AvgIpc) is 2.74. The molecule has 4 nitrogen and oxygen atoms in total. The molecule has 1 heterocycles. The van der Waals surface area contributed by atoms with E-state index in [9.17, 15) is 0 Å². The van der Waals surface area contributed by atoms with Crippen molar-refractivity contribution in [1.29, 1.82) is 0 Å². The largest absolute Gasteiger partial charge is 0.496 e. The minimum atomic E-state index is 0.500. The van der Waals surface area contributed by atoms with Gasteiger partial charge < -0.3 is 10.5 Å². The summed E-state index contributed by atoms with van der Waals surface area (Å²) in [4.78, 5) is 0. The van der Waals surface area contributed by atoms with Gasteiger partial charge in [0.15, 0.2) is 0 Å². The van der Waals surface area contributed by atoms with Crippen molar-refractivity contribution in [3.8, 4) is 17.0 Å². The van der Waals surface area contributed by atoms with Crippen LogP contribution >= 0.6 is 0 Å². The molecule has 1 aromatic carbocycles. The van der Waals surface area contributed by atoms with Crippen LogP contribution in [0.3, 0.4) is 0 Å². The molecule has 16 heavy (non-hydrogen) atoms. The molecule has 2 rings (SSSR count). The normalized spacial score (nSPS) is 10.4.